The highest BCUT2D eigenvalue weighted by Gasteiger charge is 2.06. The van der Waals surface area contributed by atoms with Gasteiger partial charge in [-0.2, -0.15) is 0 Å². The highest BCUT2D eigenvalue weighted by Crippen LogP contribution is 2.28. The van der Waals surface area contributed by atoms with Gasteiger partial charge < -0.3 is 31.2 Å². The molecule has 0 aromatic heterocycles. The van der Waals surface area contributed by atoms with Crippen LogP contribution in [0.1, 0.15) is 17.5 Å². The zero-order valence-electron chi connectivity index (χ0n) is 17.0. The Labute approximate surface area is 180 Å². The van der Waals surface area contributed by atoms with Crippen LogP contribution in [0.4, 0.5) is 0 Å². The molecule has 0 aliphatic heterocycles. The zero-order chi connectivity index (χ0) is 22.6. The minimum Gasteiger partial charge on any atom is -0.504 e. The lowest BCUT2D eigenvalue weighted by molar-refractivity contribution is -0.121. The van der Waals surface area contributed by atoms with Crippen LogP contribution in [0.5, 0.6) is 23.0 Å². The van der Waals surface area contributed by atoms with Crippen molar-refractivity contribution >= 4 is 23.7 Å². The van der Waals surface area contributed by atoms with Gasteiger partial charge in [-0.05, 0) is 47.5 Å². The smallest absolute Gasteiger partial charge is 0.163 e. The summed E-state index contributed by atoms with van der Waals surface area (Å²) >= 11 is 0. The number of phenols is 2. The quantitative estimate of drug-likeness (QED) is 0.298. The Balaban J connectivity index is 1.90. The summed E-state index contributed by atoms with van der Waals surface area (Å²) < 4.78 is 10.5. The number of carbonyl (C=O) groups is 2. The fourth-order valence-corrected chi connectivity index (χ4v) is 2.53. The molecule has 31 heavy (non-hydrogen) atoms. The average Bonchev–Trinajstić information content (AvgIpc) is 2.75. The number of phenolic OH excluding ortho intramolecular Hbond substituents is 2. The van der Waals surface area contributed by atoms with Gasteiger partial charge in [0.2, 0.25) is 0 Å². The first kappa shape index (κ1) is 23.7. The largest absolute Gasteiger partial charge is 0.504 e. The summed E-state index contributed by atoms with van der Waals surface area (Å²) in [6.07, 6.45) is 5.25. The molecule has 0 amide bonds. The minimum atomic E-state index is -0.383. The molecule has 0 unspecified atom stereocenters. The molecule has 0 spiro atoms. The van der Waals surface area contributed by atoms with Crippen molar-refractivity contribution in [2.45, 2.75) is 6.42 Å². The lowest BCUT2D eigenvalue weighted by Gasteiger charge is -2.07. The molecule has 0 heterocycles. The maximum atomic E-state index is 12.0. The van der Waals surface area contributed by atoms with Crippen LogP contribution < -0.4 is 20.9 Å². The first-order chi connectivity index (χ1) is 14.9. The Morgan fingerprint density at radius 3 is 1.55 bits per heavy atom. The van der Waals surface area contributed by atoms with Crippen molar-refractivity contribution in [1.82, 2.24) is 0 Å². The topological polar surface area (TPSA) is 145 Å². The van der Waals surface area contributed by atoms with E-state index in [1.807, 2.05) is 0 Å². The van der Waals surface area contributed by atoms with Crippen LogP contribution in [0.25, 0.3) is 12.2 Å². The molecule has 6 N–H and O–H groups in total. The predicted octanol–water partition coefficient (Wildman–Crippen LogP) is 2.03. The minimum absolute atomic E-state index is 0.0650. The number of ether oxygens (including phenoxy) is 2. The maximum Gasteiger partial charge on any atom is 0.163 e. The highest BCUT2D eigenvalue weighted by molar-refractivity contribution is 6.10. The Bertz CT molecular complexity index is 891. The van der Waals surface area contributed by atoms with E-state index >= 15 is 0 Å². The SMILES string of the molecule is NCCOc1ccc(/C=C/C(=O)CC(=O)/C=C/c2ccc(OCCN)c(O)c2)cc1O. The van der Waals surface area contributed by atoms with Crippen molar-refractivity contribution in [3.63, 3.8) is 0 Å². The molecule has 2 aromatic rings. The van der Waals surface area contributed by atoms with E-state index in [-0.39, 0.29) is 42.7 Å². The molecule has 2 aromatic carbocycles. The van der Waals surface area contributed by atoms with Crippen molar-refractivity contribution in [3.8, 4) is 23.0 Å². The Kier molecular flexibility index (Phi) is 9.28. The first-order valence-corrected chi connectivity index (χ1v) is 9.66. The highest BCUT2D eigenvalue weighted by atomic mass is 16.5. The van der Waals surface area contributed by atoms with E-state index in [0.717, 1.165) is 0 Å². The third-order valence-corrected chi connectivity index (χ3v) is 3.99. The van der Waals surface area contributed by atoms with Crippen molar-refractivity contribution in [3.05, 3.63) is 59.7 Å². The van der Waals surface area contributed by atoms with E-state index in [2.05, 4.69) is 0 Å². The standard InChI is InChI=1S/C23H26N2O6/c24-9-11-30-22-7-3-16(13-20(22)28)1-5-18(26)15-19(27)6-2-17-4-8-23(21(29)14-17)31-12-10-25/h1-8,13-14,28-29H,9-12,15,24-25H2/b5-1+,6-2+. The number of hydrogen-bond donors (Lipinski definition) is 4. The van der Waals surface area contributed by atoms with Gasteiger partial charge in [0.05, 0.1) is 6.42 Å². The average molecular weight is 426 g/mol. The Morgan fingerprint density at radius 1 is 0.774 bits per heavy atom. The van der Waals surface area contributed by atoms with Crippen LogP contribution in [-0.4, -0.2) is 48.1 Å². The van der Waals surface area contributed by atoms with E-state index < -0.39 is 0 Å². The van der Waals surface area contributed by atoms with Crippen molar-refractivity contribution < 1.29 is 29.3 Å². The van der Waals surface area contributed by atoms with Gasteiger partial charge in [-0.25, -0.2) is 0 Å². The third kappa shape index (κ3) is 7.96. The molecule has 0 saturated heterocycles. The van der Waals surface area contributed by atoms with E-state index in [1.165, 1.54) is 36.4 Å². The summed E-state index contributed by atoms with van der Waals surface area (Å²) in [4.78, 5) is 24.0. The van der Waals surface area contributed by atoms with Crippen LogP contribution in [0, 0.1) is 0 Å². The number of rotatable bonds is 12. The van der Waals surface area contributed by atoms with Gasteiger partial charge in [0.25, 0.3) is 0 Å². The molecule has 8 nitrogen and oxygen atoms in total. The number of aromatic hydroxyl groups is 2. The number of benzene rings is 2. The fourth-order valence-electron chi connectivity index (χ4n) is 2.53. The van der Waals surface area contributed by atoms with E-state index in [4.69, 9.17) is 20.9 Å². The summed E-state index contributed by atoms with van der Waals surface area (Å²) in [5.41, 5.74) is 11.9. The molecule has 0 aliphatic rings. The van der Waals surface area contributed by atoms with Crippen LogP contribution in [0.3, 0.4) is 0 Å². The van der Waals surface area contributed by atoms with Gasteiger partial charge in [-0.15, -0.1) is 0 Å². The maximum absolute atomic E-state index is 12.0. The lowest BCUT2D eigenvalue weighted by atomic mass is 10.1. The van der Waals surface area contributed by atoms with Gasteiger partial charge in [0.1, 0.15) is 13.2 Å². The van der Waals surface area contributed by atoms with Gasteiger partial charge in [-0.1, -0.05) is 24.3 Å². The molecule has 0 saturated carbocycles. The summed E-state index contributed by atoms with van der Waals surface area (Å²) in [5, 5.41) is 19.8. The molecule has 0 atom stereocenters. The number of carbonyl (C=O) groups excluding carboxylic acids is 2. The van der Waals surface area contributed by atoms with Crippen molar-refractivity contribution in [1.29, 1.82) is 0 Å². The Hall–Kier alpha value is -3.62. The molecule has 0 bridgehead atoms. The molecule has 2 rings (SSSR count). The molecule has 164 valence electrons. The monoisotopic (exact) mass is 426 g/mol. The van der Waals surface area contributed by atoms with Gasteiger partial charge >= 0.3 is 0 Å². The number of ketones is 2. The van der Waals surface area contributed by atoms with Gasteiger partial charge in [0, 0.05) is 13.1 Å². The van der Waals surface area contributed by atoms with E-state index in [9.17, 15) is 19.8 Å². The second-order valence-electron chi connectivity index (χ2n) is 6.50. The normalized spacial score (nSPS) is 11.2. The predicted molar refractivity (Wildman–Crippen MR) is 118 cm³/mol. The third-order valence-electron chi connectivity index (χ3n) is 3.99. The zero-order valence-corrected chi connectivity index (χ0v) is 17.0. The molecule has 0 aliphatic carbocycles. The summed E-state index contributed by atoms with van der Waals surface area (Å²) in [7, 11) is 0. The lowest BCUT2D eigenvalue weighted by Crippen LogP contribution is -2.10. The number of allylic oxidation sites excluding steroid dienone is 2. The van der Waals surface area contributed by atoms with Crippen LogP contribution in [0.15, 0.2) is 48.6 Å². The van der Waals surface area contributed by atoms with Crippen LogP contribution >= 0.6 is 0 Å². The first-order valence-electron chi connectivity index (χ1n) is 9.66. The van der Waals surface area contributed by atoms with Gasteiger partial charge in [0.15, 0.2) is 34.6 Å². The van der Waals surface area contributed by atoms with Crippen LogP contribution in [-0.2, 0) is 9.59 Å². The summed E-state index contributed by atoms with van der Waals surface area (Å²) in [6, 6.07) is 9.39. The summed E-state index contributed by atoms with van der Waals surface area (Å²) in [5.74, 6) is -0.287. The molecule has 0 radical (unpaired) electrons. The Morgan fingerprint density at radius 2 is 1.19 bits per heavy atom. The van der Waals surface area contributed by atoms with Gasteiger partial charge in [-0.3, -0.25) is 9.59 Å². The van der Waals surface area contributed by atoms with E-state index in [1.54, 1.807) is 24.3 Å². The van der Waals surface area contributed by atoms with E-state index in [0.29, 0.717) is 35.7 Å². The van der Waals surface area contributed by atoms with Crippen LogP contribution in [0.2, 0.25) is 0 Å². The second kappa shape index (κ2) is 12.2. The van der Waals surface area contributed by atoms with Crippen molar-refractivity contribution in [2.24, 2.45) is 11.5 Å². The van der Waals surface area contributed by atoms with Crippen molar-refractivity contribution in [2.75, 3.05) is 26.3 Å². The molecular weight excluding hydrogens is 400 g/mol. The molecule has 8 heteroatoms. The second-order valence-corrected chi connectivity index (χ2v) is 6.50. The molecule has 0 fully saturated rings. The summed E-state index contributed by atoms with van der Waals surface area (Å²) in [6.45, 7) is 1.22. The number of hydrogen-bond acceptors (Lipinski definition) is 8. The number of nitrogens with two attached hydrogens (primary N) is 2. The molecular formula is C23H26N2O6. The fraction of sp³-hybridized carbons (Fsp3) is 0.217.